The first-order chi connectivity index (χ1) is 17.7. The van der Waals surface area contributed by atoms with Crippen molar-refractivity contribution in [1.82, 2.24) is 10.6 Å². The zero-order valence-corrected chi connectivity index (χ0v) is 24.3. The molecule has 6 heteroatoms. The van der Waals surface area contributed by atoms with E-state index in [0.29, 0.717) is 13.0 Å². The zero-order valence-electron chi connectivity index (χ0n) is 24.3. The van der Waals surface area contributed by atoms with Crippen molar-refractivity contribution in [3.05, 3.63) is 29.3 Å². The third kappa shape index (κ3) is 9.31. The monoisotopic (exact) mass is 516 g/mol. The molecular weight excluding hydrogens is 464 g/mol. The van der Waals surface area contributed by atoms with E-state index in [1.807, 2.05) is 0 Å². The van der Waals surface area contributed by atoms with E-state index in [4.69, 9.17) is 9.47 Å². The molecule has 1 aliphatic heterocycles. The van der Waals surface area contributed by atoms with Crippen molar-refractivity contribution in [2.75, 3.05) is 27.4 Å². The first-order valence-electron chi connectivity index (χ1n) is 14.5. The number of carbonyl (C=O) groups excluding carboxylic acids is 2. The number of hydrogen-bond donors (Lipinski definition) is 2. The molecule has 2 N–H and O–H groups in total. The summed E-state index contributed by atoms with van der Waals surface area (Å²) in [5.41, 5.74) is 2.29. The Morgan fingerprint density at radius 2 is 1.73 bits per heavy atom. The van der Waals surface area contributed by atoms with Crippen LogP contribution in [0.2, 0.25) is 0 Å². The molecule has 0 unspecified atom stereocenters. The van der Waals surface area contributed by atoms with E-state index in [1.165, 1.54) is 11.1 Å². The van der Waals surface area contributed by atoms with Crippen LogP contribution in [0.5, 0.6) is 5.75 Å². The lowest BCUT2D eigenvalue weighted by Gasteiger charge is -2.40. The summed E-state index contributed by atoms with van der Waals surface area (Å²) in [6.07, 6.45) is 11.0. The van der Waals surface area contributed by atoms with Gasteiger partial charge in [-0.15, -0.1) is 0 Å². The topological polar surface area (TPSA) is 76.7 Å². The summed E-state index contributed by atoms with van der Waals surface area (Å²) in [6, 6.07) is 6.68. The van der Waals surface area contributed by atoms with Crippen molar-refractivity contribution >= 4 is 11.8 Å². The van der Waals surface area contributed by atoms with E-state index in [2.05, 4.69) is 56.5 Å². The van der Waals surface area contributed by atoms with Crippen molar-refractivity contribution in [3.63, 3.8) is 0 Å². The molecule has 1 atom stereocenters. The minimum atomic E-state index is -0.379. The Labute approximate surface area is 225 Å². The van der Waals surface area contributed by atoms with Gasteiger partial charge in [0.15, 0.2) is 0 Å². The molecule has 0 saturated carbocycles. The van der Waals surface area contributed by atoms with Crippen LogP contribution >= 0.6 is 0 Å². The van der Waals surface area contributed by atoms with Crippen LogP contribution in [0.3, 0.4) is 0 Å². The minimum absolute atomic E-state index is 0.0669. The first kappa shape index (κ1) is 31.1. The molecule has 1 saturated heterocycles. The molecule has 1 aliphatic rings. The normalized spacial score (nSPS) is 15.9. The van der Waals surface area contributed by atoms with Crippen LogP contribution in [-0.4, -0.2) is 45.2 Å². The quantitative estimate of drug-likeness (QED) is 0.240. The fourth-order valence-corrected chi connectivity index (χ4v) is 5.94. The first-order valence-corrected chi connectivity index (χ1v) is 14.5. The number of aryl methyl sites for hydroxylation is 2. The molecule has 1 fully saturated rings. The number of rotatable bonds is 18. The van der Waals surface area contributed by atoms with Gasteiger partial charge in [-0.25, -0.2) is 0 Å². The molecule has 6 nitrogen and oxygen atoms in total. The van der Waals surface area contributed by atoms with E-state index >= 15 is 0 Å². The average Bonchev–Trinajstić information content (AvgIpc) is 3.29. The highest BCUT2D eigenvalue weighted by Crippen LogP contribution is 2.41. The van der Waals surface area contributed by atoms with Gasteiger partial charge in [0.05, 0.1) is 12.5 Å². The average molecular weight is 517 g/mol. The highest BCUT2D eigenvalue weighted by atomic mass is 16.5. The highest BCUT2D eigenvalue weighted by molar-refractivity contribution is 5.83. The Morgan fingerprint density at radius 3 is 2.35 bits per heavy atom. The molecule has 1 aromatic carbocycles. The second kappa shape index (κ2) is 16.0. The van der Waals surface area contributed by atoms with E-state index in [0.717, 1.165) is 76.6 Å². The van der Waals surface area contributed by atoms with Gasteiger partial charge in [-0.2, -0.15) is 0 Å². The number of unbranched alkanes of at least 4 members (excludes halogenated alkanes) is 4. The van der Waals surface area contributed by atoms with Crippen molar-refractivity contribution in [3.8, 4) is 5.75 Å². The summed E-state index contributed by atoms with van der Waals surface area (Å²) in [5, 5.41) is 6.15. The second-order valence-electron chi connectivity index (χ2n) is 11.4. The maximum atomic E-state index is 13.4. The standard InChI is InChI=1S/C31H52N2O4/c1-23(2)31(24(3)4,30(35)32-22-27-16-18-29(34)33-27)19-11-8-7-9-13-25-15-17-28(37-6)26(21-25)14-10-12-20-36-5/h15,17,21,23-24,27H,7-14,16,18-20,22H2,1-6H3,(H,32,35)(H,33,34)/t27-/m1/s1. The van der Waals surface area contributed by atoms with Crippen LogP contribution in [0, 0.1) is 17.3 Å². The maximum Gasteiger partial charge on any atom is 0.226 e. The molecule has 2 rings (SSSR count). The Kier molecular flexibility index (Phi) is 13.5. The molecular formula is C31H52N2O4. The Bertz CT molecular complexity index is 828. The van der Waals surface area contributed by atoms with E-state index in [1.54, 1.807) is 14.2 Å². The number of methoxy groups -OCH3 is 2. The van der Waals surface area contributed by atoms with Gasteiger partial charge >= 0.3 is 0 Å². The fraction of sp³-hybridized carbons (Fsp3) is 0.742. The molecule has 0 bridgehead atoms. The van der Waals surface area contributed by atoms with Crippen molar-refractivity contribution < 1.29 is 19.1 Å². The molecule has 210 valence electrons. The van der Waals surface area contributed by atoms with E-state index in [-0.39, 0.29) is 35.1 Å². The molecule has 0 spiro atoms. The summed E-state index contributed by atoms with van der Waals surface area (Å²) in [7, 11) is 3.50. The molecule has 1 aromatic rings. The Hall–Kier alpha value is -2.08. The van der Waals surface area contributed by atoms with Crippen molar-refractivity contribution in [2.24, 2.45) is 17.3 Å². The minimum Gasteiger partial charge on any atom is -0.496 e. The van der Waals surface area contributed by atoms with E-state index in [9.17, 15) is 9.59 Å². The van der Waals surface area contributed by atoms with E-state index < -0.39 is 0 Å². The number of ether oxygens (including phenoxy) is 2. The maximum absolute atomic E-state index is 13.4. The largest absolute Gasteiger partial charge is 0.496 e. The smallest absolute Gasteiger partial charge is 0.226 e. The molecule has 0 aromatic heterocycles. The molecule has 2 amide bonds. The van der Waals surface area contributed by atoms with Crippen LogP contribution in [-0.2, 0) is 27.2 Å². The zero-order chi connectivity index (χ0) is 27.3. The fourth-order valence-electron chi connectivity index (χ4n) is 5.94. The second-order valence-corrected chi connectivity index (χ2v) is 11.4. The summed E-state index contributed by atoms with van der Waals surface area (Å²) >= 11 is 0. The number of hydrogen-bond acceptors (Lipinski definition) is 4. The van der Waals surface area contributed by atoms with Crippen LogP contribution in [0.1, 0.15) is 96.6 Å². The summed E-state index contributed by atoms with van der Waals surface area (Å²) in [6.45, 7) is 10.0. The SMILES string of the molecule is COCCCCc1cc(CCCCCCC(C(=O)NC[C@H]2CCC(=O)N2)(C(C)C)C(C)C)ccc1OC. The molecule has 0 radical (unpaired) electrons. The van der Waals surface area contributed by atoms with Gasteiger partial charge in [-0.05, 0) is 74.0 Å². The molecule has 37 heavy (non-hydrogen) atoms. The summed E-state index contributed by atoms with van der Waals surface area (Å²) in [5.74, 6) is 1.73. The van der Waals surface area contributed by atoms with Crippen LogP contribution in [0.4, 0.5) is 0 Å². The van der Waals surface area contributed by atoms with Crippen molar-refractivity contribution in [1.29, 1.82) is 0 Å². The van der Waals surface area contributed by atoms with Gasteiger partial charge in [-0.3, -0.25) is 9.59 Å². The third-order valence-electron chi connectivity index (χ3n) is 8.27. The number of amides is 2. The summed E-state index contributed by atoms with van der Waals surface area (Å²) < 4.78 is 10.7. The lowest BCUT2D eigenvalue weighted by atomic mass is 9.65. The van der Waals surface area contributed by atoms with Crippen molar-refractivity contribution in [2.45, 2.75) is 104 Å². The predicted molar refractivity (Wildman–Crippen MR) is 151 cm³/mol. The van der Waals surface area contributed by atoms with Gasteiger partial charge in [0.25, 0.3) is 0 Å². The van der Waals surface area contributed by atoms with Gasteiger partial charge in [0, 0.05) is 32.7 Å². The van der Waals surface area contributed by atoms with Gasteiger partial charge in [-0.1, -0.05) is 59.1 Å². The molecule has 0 aliphatic carbocycles. The number of benzene rings is 1. The summed E-state index contributed by atoms with van der Waals surface area (Å²) in [4.78, 5) is 25.0. The highest BCUT2D eigenvalue weighted by Gasteiger charge is 2.43. The van der Waals surface area contributed by atoms with Gasteiger partial charge in [0.1, 0.15) is 5.75 Å². The predicted octanol–water partition coefficient (Wildman–Crippen LogP) is 5.85. The van der Waals surface area contributed by atoms with Gasteiger partial charge in [0.2, 0.25) is 11.8 Å². The number of carbonyl (C=O) groups is 2. The lowest BCUT2D eigenvalue weighted by Crippen LogP contribution is -2.50. The lowest BCUT2D eigenvalue weighted by molar-refractivity contribution is -0.138. The third-order valence-corrected chi connectivity index (χ3v) is 8.27. The van der Waals surface area contributed by atoms with Crippen LogP contribution in [0.25, 0.3) is 0 Å². The number of nitrogens with one attached hydrogen (secondary N) is 2. The molecule has 1 heterocycles. The Morgan fingerprint density at radius 1 is 1.03 bits per heavy atom. The van der Waals surface area contributed by atoms with Crippen LogP contribution in [0.15, 0.2) is 18.2 Å². The van der Waals surface area contributed by atoms with Crippen LogP contribution < -0.4 is 15.4 Å². The Balaban J connectivity index is 1.83. The van der Waals surface area contributed by atoms with Gasteiger partial charge < -0.3 is 20.1 Å².